The maximum Gasteiger partial charge on any atom is 0.0859 e. The standard InChI is InChI=1S/C22H40O3/c1-4-7-9-10-11-13-18-19(21(24)17-20(18)23)14-12-16-22(25,6-3)15-8-5-2/h6,12,14,18-21,23-25H,3-5,7-11,13,15-17H2,1-2H3/b14-12+/t18-,19-,20+,21-,22?/m1/s1. The van der Waals surface area contributed by atoms with E-state index in [1.54, 1.807) is 6.08 Å². The topological polar surface area (TPSA) is 60.7 Å². The molecular formula is C22H40O3. The second kappa shape index (κ2) is 11.9. The number of aliphatic hydroxyl groups is 3. The van der Waals surface area contributed by atoms with Crippen LogP contribution in [0.3, 0.4) is 0 Å². The van der Waals surface area contributed by atoms with E-state index in [0.717, 1.165) is 25.7 Å². The highest BCUT2D eigenvalue weighted by Gasteiger charge is 2.39. The van der Waals surface area contributed by atoms with Crippen LogP contribution in [0.5, 0.6) is 0 Å². The van der Waals surface area contributed by atoms with Gasteiger partial charge in [-0.05, 0) is 25.2 Å². The molecule has 0 saturated heterocycles. The second-order valence-electron chi connectivity index (χ2n) is 7.86. The van der Waals surface area contributed by atoms with Crippen molar-refractivity contribution in [2.24, 2.45) is 11.8 Å². The van der Waals surface area contributed by atoms with Crippen LogP contribution in [0.4, 0.5) is 0 Å². The molecule has 1 aliphatic rings. The average Bonchev–Trinajstić information content (AvgIpc) is 2.86. The Kier molecular flexibility index (Phi) is 10.6. The average molecular weight is 353 g/mol. The van der Waals surface area contributed by atoms with Crippen molar-refractivity contribution in [1.82, 2.24) is 0 Å². The second-order valence-corrected chi connectivity index (χ2v) is 7.86. The molecule has 5 atom stereocenters. The summed E-state index contributed by atoms with van der Waals surface area (Å²) in [7, 11) is 0. The largest absolute Gasteiger partial charge is 0.393 e. The highest BCUT2D eigenvalue weighted by atomic mass is 16.3. The molecule has 25 heavy (non-hydrogen) atoms. The van der Waals surface area contributed by atoms with E-state index in [0.29, 0.717) is 19.3 Å². The summed E-state index contributed by atoms with van der Waals surface area (Å²) < 4.78 is 0. The number of unbranched alkanes of at least 4 members (excludes halogenated alkanes) is 5. The summed E-state index contributed by atoms with van der Waals surface area (Å²) in [6, 6.07) is 0. The third kappa shape index (κ3) is 7.64. The molecule has 0 spiro atoms. The number of hydrogen-bond donors (Lipinski definition) is 3. The molecule has 1 saturated carbocycles. The molecule has 0 aromatic carbocycles. The van der Waals surface area contributed by atoms with Gasteiger partial charge in [0.05, 0.1) is 17.8 Å². The molecule has 1 rings (SSSR count). The summed E-state index contributed by atoms with van der Waals surface area (Å²) in [5, 5.41) is 31.2. The van der Waals surface area contributed by atoms with Gasteiger partial charge in [-0.15, -0.1) is 6.58 Å². The molecule has 1 aliphatic carbocycles. The Morgan fingerprint density at radius 3 is 2.32 bits per heavy atom. The van der Waals surface area contributed by atoms with Crippen molar-refractivity contribution in [1.29, 1.82) is 0 Å². The summed E-state index contributed by atoms with van der Waals surface area (Å²) in [6.07, 6.45) is 15.6. The van der Waals surface area contributed by atoms with Crippen molar-refractivity contribution in [2.45, 2.75) is 102 Å². The summed E-state index contributed by atoms with van der Waals surface area (Å²) in [5.74, 6) is 0.141. The molecule has 0 amide bonds. The molecule has 3 heteroatoms. The number of hydrogen-bond acceptors (Lipinski definition) is 3. The first-order valence-electron chi connectivity index (χ1n) is 10.4. The zero-order valence-corrected chi connectivity index (χ0v) is 16.4. The first-order valence-corrected chi connectivity index (χ1v) is 10.4. The first kappa shape index (κ1) is 22.4. The van der Waals surface area contributed by atoms with E-state index in [4.69, 9.17) is 0 Å². The predicted octanol–water partition coefficient (Wildman–Crippen LogP) is 4.76. The Bertz CT molecular complexity index is 393. The van der Waals surface area contributed by atoms with Crippen LogP contribution in [0.25, 0.3) is 0 Å². The van der Waals surface area contributed by atoms with Gasteiger partial charge in [0.1, 0.15) is 0 Å². The van der Waals surface area contributed by atoms with Gasteiger partial charge in [-0.1, -0.05) is 77.0 Å². The van der Waals surface area contributed by atoms with Gasteiger partial charge in [0, 0.05) is 12.3 Å². The minimum absolute atomic E-state index is 0.00131. The van der Waals surface area contributed by atoms with Crippen molar-refractivity contribution >= 4 is 0 Å². The van der Waals surface area contributed by atoms with Crippen molar-refractivity contribution in [2.75, 3.05) is 0 Å². The Hall–Kier alpha value is -0.640. The molecule has 3 nitrogen and oxygen atoms in total. The fourth-order valence-electron chi connectivity index (χ4n) is 3.96. The van der Waals surface area contributed by atoms with Crippen LogP contribution in [0, 0.1) is 11.8 Å². The van der Waals surface area contributed by atoms with Gasteiger partial charge in [-0.3, -0.25) is 0 Å². The summed E-state index contributed by atoms with van der Waals surface area (Å²) in [5.41, 5.74) is -0.857. The lowest BCUT2D eigenvalue weighted by molar-refractivity contribution is 0.0818. The first-order chi connectivity index (χ1) is 12.0. The van der Waals surface area contributed by atoms with Gasteiger partial charge in [0.2, 0.25) is 0 Å². The van der Waals surface area contributed by atoms with Crippen LogP contribution in [0.15, 0.2) is 24.8 Å². The number of aliphatic hydroxyl groups excluding tert-OH is 2. The van der Waals surface area contributed by atoms with Gasteiger partial charge in [-0.2, -0.15) is 0 Å². The molecule has 0 radical (unpaired) electrons. The van der Waals surface area contributed by atoms with E-state index in [1.807, 2.05) is 12.2 Å². The molecule has 0 aromatic rings. The van der Waals surface area contributed by atoms with E-state index in [1.165, 1.54) is 25.7 Å². The fourth-order valence-corrected chi connectivity index (χ4v) is 3.96. The monoisotopic (exact) mass is 352 g/mol. The van der Waals surface area contributed by atoms with Gasteiger partial charge < -0.3 is 15.3 Å². The van der Waals surface area contributed by atoms with Crippen LogP contribution in [0.1, 0.15) is 84.5 Å². The minimum Gasteiger partial charge on any atom is -0.393 e. The lowest BCUT2D eigenvalue weighted by atomic mass is 9.87. The SMILES string of the molecule is C=CC(O)(C/C=C/[C@@H]1[C@@H](CCCCCCC)[C@@H](O)C[C@H]1O)CCCC. The maximum absolute atomic E-state index is 10.6. The summed E-state index contributed by atoms with van der Waals surface area (Å²) in [6.45, 7) is 8.09. The van der Waals surface area contributed by atoms with E-state index < -0.39 is 17.8 Å². The molecular weight excluding hydrogens is 312 g/mol. The maximum atomic E-state index is 10.6. The quantitative estimate of drug-likeness (QED) is 0.331. The highest BCUT2D eigenvalue weighted by molar-refractivity contribution is 5.07. The molecule has 0 aromatic heterocycles. The molecule has 0 bridgehead atoms. The third-order valence-electron chi connectivity index (χ3n) is 5.73. The van der Waals surface area contributed by atoms with Gasteiger partial charge in [0.25, 0.3) is 0 Å². The fraction of sp³-hybridized carbons (Fsp3) is 0.818. The lowest BCUT2D eigenvalue weighted by Crippen LogP contribution is -2.25. The Labute approximate surface area is 154 Å². The third-order valence-corrected chi connectivity index (χ3v) is 5.73. The Balaban J connectivity index is 2.55. The van der Waals surface area contributed by atoms with E-state index in [9.17, 15) is 15.3 Å². The van der Waals surface area contributed by atoms with Gasteiger partial charge in [-0.25, -0.2) is 0 Å². The van der Waals surface area contributed by atoms with E-state index in [-0.39, 0.29) is 11.8 Å². The van der Waals surface area contributed by atoms with Crippen LogP contribution in [0.2, 0.25) is 0 Å². The highest BCUT2D eigenvalue weighted by Crippen LogP contribution is 2.37. The van der Waals surface area contributed by atoms with Crippen LogP contribution >= 0.6 is 0 Å². The van der Waals surface area contributed by atoms with Crippen molar-refractivity contribution in [3.05, 3.63) is 24.8 Å². The van der Waals surface area contributed by atoms with Crippen LogP contribution < -0.4 is 0 Å². The molecule has 3 N–H and O–H groups in total. The molecule has 146 valence electrons. The van der Waals surface area contributed by atoms with Gasteiger partial charge in [0.15, 0.2) is 0 Å². The smallest absolute Gasteiger partial charge is 0.0859 e. The van der Waals surface area contributed by atoms with Crippen molar-refractivity contribution in [3.63, 3.8) is 0 Å². The zero-order valence-electron chi connectivity index (χ0n) is 16.4. The van der Waals surface area contributed by atoms with Crippen LogP contribution in [-0.4, -0.2) is 33.1 Å². The number of rotatable bonds is 13. The summed E-state index contributed by atoms with van der Waals surface area (Å²) >= 11 is 0. The van der Waals surface area contributed by atoms with Gasteiger partial charge >= 0.3 is 0 Å². The molecule has 0 aliphatic heterocycles. The molecule has 1 unspecified atom stereocenters. The predicted molar refractivity (Wildman–Crippen MR) is 105 cm³/mol. The normalized spacial score (nSPS) is 29.2. The van der Waals surface area contributed by atoms with E-state index in [2.05, 4.69) is 20.4 Å². The summed E-state index contributed by atoms with van der Waals surface area (Å²) in [4.78, 5) is 0. The van der Waals surface area contributed by atoms with E-state index >= 15 is 0 Å². The lowest BCUT2D eigenvalue weighted by Gasteiger charge is -2.24. The Morgan fingerprint density at radius 1 is 1.00 bits per heavy atom. The Morgan fingerprint density at radius 2 is 1.68 bits per heavy atom. The van der Waals surface area contributed by atoms with Crippen LogP contribution in [-0.2, 0) is 0 Å². The van der Waals surface area contributed by atoms with Crippen molar-refractivity contribution in [3.8, 4) is 0 Å². The molecule has 0 heterocycles. The minimum atomic E-state index is -0.857. The van der Waals surface area contributed by atoms with Crippen molar-refractivity contribution < 1.29 is 15.3 Å². The zero-order chi connectivity index (χ0) is 18.7. The molecule has 1 fully saturated rings.